The molecule has 5 rings (SSSR count). The number of carbonyl (C=O) groups is 2. The summed E-state index contributed by atoms with van der Waals surface area (Å²) in [5, 5.41) is 16.3. The fourth-order valence-corrected chi connectivity index (χ4v) is 3.99. The SMILES string of the molecule is CC1=C(C(=O)Nc2ccc3[nH]ncc3c2)C(c2cccc(OCc3ccccc3)c2)NC(=O)N1. The van der Waals surface area contributed by atoms with Crippen LogP contribution in [0.1, 0.15) is 24.1 Å². The second kappa shape index (κ2) is 9.11. The summed E-state index contributed by atoms with van der Waals surface area (Å²) in [7, 11) is 0. The van der Waals surface area contributed by atoms with Crippen molar-refractivity contribution in [3.63, 3.8) is 0 Å². The number of aromatic nitrogens is 2. The third-order valence-electron chi connectivity index (χ3n) is 5.65. The van der Waals surface area contributed by atoms with Gasteiger partial charge in [-0.15, -0.1) is 0 Å². The molecule has 2 heterocycles. The molecule has 8 nitrogen and oxygen atoms in total. The number of hydrogen-bond donors (Lipinski definition) is 4. The first-order valence-electron chi connectivity index (χ1n) is 10.9. The van der Waals surface area contributed by atoms with E-state index in [1.807, 2.05) is 66.7 Å². The van der Waals surface area contributed by atoms with Gasteiger partial charge in [0.05, 0.1) is 23.3 Å². The molecule has 0 spiro atoms. The molecule has 1 aromatic heterocycles. The number of rotatable bonds is 6. The minimum Gasteiger partial charge on any atom is -0.489 e. The monoisotopic (exact) mass is 453 g/mol. The van der Waals surface area contributed by atoms with E-state index < -0.39 is 6.04 Å². The van der Waals surface area contributed by atoms with Gasteiger partial charge >= 0.3 is 6.03 Å². The van der Waals surface area contributed by atoms with Crippen LogP contribution in [-0.4, -0.2) is 22.1 Å². The number of H-pyrrole nitrogens is 1. The van der Waals surface area contributed by atoms with Gasteiger partial charge in [-0.2, -0.15) is 5.10 Å². The summed E-state index contributed by atoms with van der Waals surface area (Å²) in [6.45, 7) is 2.14. The van der Waals surface area contributed by atoms with Crippen LogP contribution in [0.5, 0.6) is 5.75 Å². The summed E-state index contributed by atoms with van der Waals surface area (Å²) in [6, 6.07) is 21.8. The molecule has 1 aliphatic rings. The van der Waals surface area contributed by atoms with Crippen LogP contribution < -0.4 is 20.7 Å². The molecule has 1 atom stereocenters. The van der Waals surface area contributed by atoms with Crippen molar-refractivity contribution >= 4 is 28.5 Å². The molecule has 4 N–H and O–H groups in total. The number of hydrogen-bond acceptors (Lipinski definition) is 4. The zero-order chi connectivity index (χ0) is 23.5. The zero-order valence-electron chi connectivity index (χ0n) is 18.5. The van der Waals surface area contributed by atoms with Crippen molar-refractivity contribution in [1.29, 1.82) is 0 Å². The van der Waals surface area contributed by atoms with E-state index in [-0.39, 0.29) is 11.9 Å². The number of ether oxygens (including phenoxy) is 1. The summed E-state index contributed by atoms with van der Waals surface area (Å²) in [6.07, 6.45) is 1.70. The van der Waals surface area contributed by atoms with Crippen LogP contribution in [0.15, 0.2) is 90.3 Å². The minimum atomic E-state index is -0.633. The number of fused-ring (bicyclic) bond motifs is 1. The number of benzene rings is 3. The number of allylic oxidation sites excluding steroid dienone is 1. The molecule has 0 saturated heterocycles. The lowest BCUT2D eigenvalue weighted by Crippen LogP contribution is -2.45. The summed E-state index contributed by atoms with van der Waals surface area (Å²) < 4.78 is 5.95. The average Bonchev–Trinajstić information content (AvgIpc) is 3.31. The Balaban J connectivity index is 1.39. The maximum Gasteiger partial charge on any atom is 0.319 e. The molecule has 34 heavy (non-hydrogen) atoms. The van der Waals surface area contributed by atoms with Gasteiger partial charge in [-0.25, -0.2) is 4.79 Å². The third kappa shape index (κ3) is 4.47. The Kier molecular flexibility index (Phi) is 5.70. The molecule has 0 fully saturated rings. The smallest absolute Gasteiger partial charge is 0.319 e. The van der Waals surface area contributed by atoms with Crippen LogP contribution in [0.2, 0.25) is 0 Å². The predicted octanol–water partition coefficient (Wildman–Crippen LogP) is 4.41. The van der Waals surface area contributed by atoms with Crippen LogP contribution in [-0.2, 0) is 11.4 Å². The molecule has 1 unspecified atom stereocenters. The number of aromatic amines is 1. The summed E-state index contributed by atoms with van der Waals surface area (Å²) in [4.78, 5) is 25.6. The number of nitrogens with one attached hydrogen (secondary N) is 4. The Hall–Kier alpha value is -4.59. The highest BCUT2D eigenvalue weighted by Gasteiger charge is 2.31. The van der Waals surface area contributed by atoms with E-state index in [0.29, 0.717) is 29.3 Å². The number of urea groups is 1. The number of nitrogens with zero attached hydrogens (tertiary/aromatic N) is 1. The van der Waals surface area contributed by atoms with Gasteiger partial charge in [0, 0.05) is 16.8 Å². The fraction of sp³-hybridized carbons (Fsp3) is 0.115. The van der Waals surface area contributed by atoms with E-state index in [4.69, 9.17) is 4.74 Å². The highest BCUT2D eigenvalue weighted by Crippen LogP contribution is 2.30. The first-order valence-corrected chi connectivity index (χ1v) is 10.9. The van der Waals surface area contributed by atoms with Crippen molar-refractivity contribution in [2.45, 2.75) is 19.6 Å². The van der Waals surface area contributed by atoms with Crippen LogP contribution in [0.4, 0.5) is 10.5 Å². The quantitative estimate of drug-likeness (QED) is 0.347. The van der Waals surface area contributed by atoms with Crippen LogP contribution >= 0.6 is 0 Å². The Bertz CT molecular complexity index is 1390. The topological polar surface area (TPSA) is 108 Å². The van der Waals surface area contributed by atoms with Crippen molar-refractivity contribution in [3.8, 4) is 5.75 Å². The van der Waals surface area contributed by atoms with E-state index >= 15 is 0 Å². The molecule has 0 bridgehead atoms. The van der Waals surface area contributed by atoms with Crippen molar-refractivity contribution in [2.75, 3.05) is 5.32 Å². The standard InChI is InChI=1S/C26H23N5O3/c1-16-23(25(32)29-20-10-11-22-19(12-20)14-27-31-22)24(30-26(33)28-16)18-8-5-9-21(13-18)34-15-17-6-3-2-4-7-17/h2-14,24H,15H2,1H3,(H,27,31)(H,29,32)(H2,28,30,33). The van der Waals surface area contributed by atoms with Gasteiger partial charge in [-0.3, -0.25) is 9.89 Å². The largest absolute Gasteiger partial charge is 0.489 e. The minimum absolute atomic E-state index is 0.312. The van der Waals surface area contributed by atoms with Gasteiger partial charge in [0.1, 0.15) is 12.4 Å². The second-order valence-electron chi connectivity index (χ2n) is 8.04. The lowest BCUT2D eigenvalue weighted by atomic mass is 9.94. The molecule has 170 valence electrons. The van der Waals surface area contributed by atoms with Crippen LogP contribution in [0, 0.1) is 0 Å². The van der Waals surface area contributed by atoms with E-state index in [9.17, 15) is 9.59 Å². The molecule has 3 aromatic carbocycles. The van der Waals surface area contributed by atoms with Gasteiger partial charge in [0.25, 0.3) is 5.91 Å². The molecule has 0 aliphatic carbocycles. The molecule has 4 aromatic rings. The normalized spacial score (nSPS) is 15.6. The lowest BCUT2D eigenvalue weighted by Gasteiger charge is -2.29. The molecule has 3 amide bonds. The van der Waals surface area contributed by atoms with Gasteiger partial charge in [0.15, 0.2) is 0 Å². The summed E-state index contributed by atoms with van der Waals surface area (Å²) in [5.41, 5.74) is 4.22. The summed E-state index contributed by atoms with van der Waals surface area (Å²) in [5.74, 6) is 0.338. The Morgan fingerprint density at radius 2 is 1.91 bits per heavy atom. The lowest BCUT2D eigenvalue weighted by molar-refractivity contribution is -0.113. The van der Waals surface area contributed by atoms with E-state index in [0.717, 1.165) is 22.0 Å². The summed E-state index contributed by atoms with van der Waals surface area (Å²) >= 11 is 0. The van der Waals surface area contributed by atoms with Gasteiger partial charge in [-0.1, -0.05) is 42.5 Å². The first-order chi connectivity index (χ1) is 16.6. The van der Waals surface area contributed by atoms with E-state index in [1.54, 1.807) is 19.2 Å². The maximum absolute atomic E-state index is 13.3. The van der Waals surface area contributed by atoms with Crippen molar-refractivity contribution in [2.24, 2.45) is 0 Å². The van der Waals surface area contributed by atoms with Crippen molar-refractivity contribution in [3.05, 3.63) is 101 Å². The molecule has 0 saturated carbocycles. The Morgan fingerprint density at radius 3 is 2.76 bits per heavy atom. The number of anilines is 1. The van der Waals surface area contributed by atoms with Gasteiger partial charge in [-0.05, 0) is 48.4 Å². The highest BCUT2D eigenvalue weighted by molar-refractivity contribution is 6.07. The molecule has 1 aliphatic heterocycles. The van der Waals surface area contributed by atoms with Gasteiger partial charge < -0.3 is 20.7 Å². The van der Waals surface area contributed by atoms with E-state index in [2.05, 4.69) is 26.1 Å². The van der Waals surface area contributed by atoms with Crippen LogP contribution in [0.25, 0.3) is 10.9 Å². The Labute approximate surface area is 196 Å². The molecule has 0 radical (unpaired) electrons. The van der Waals surface area contributed by atoms with Gasteiger partial charge in [0.2, 0.25) is 0 Å². The van der Waals surface area contributed by atoms with E-state index in [1.165, 1.54) is 0 Å². The zero-order valence-corrected chi connectivity index (χ0v) is 18.5. The fourth-order valence-electron chi connectivity index (χ4n) is 3.99. The highest BCUT2D eigenvalue weighted by atomic mass is 16.5. The molecule has 8 heteroatoms. The second-order valence-corrected chi connectivity index (χ2v) is 8.04. The molecular weight excluding hydrogens is 430 g/mol. The number of amides is 3. The molecular formula is C26H23N5O3. The van der Waals surface area contributed by atoms with Crippen molar-refractivity contribution < 1.29 is 14.3 Å². The van der Waals surface area contributed by atoms with Crippen molar-refractivity contribution in [1.82, 2.24) is 20.8 Å². The number of carbonyl (C=O) groups excluding carboxylic acids is 2. The first kappa shape index (κ1) is 21.3. The Morgan fingerprint density at radius 1 is 1.06 bits per heavy atom. The third-order valence-corrected chi connectivity index (χ3v) is 5.65. The maximum atomic E-state index is 13.3. The van der Waals surface area contributed by atoms with Crippen LogP contribution in [0.3, 0.4) is 0 Å². The predicted molar refractivity (Wildman–Crippen MR) is 129 cm³/mol. The average molecular weight is 454 g/mol.